The van der Waals surface area contributed by atoms with Gasteiger partial charge in [0.25, 0.3) is 0 Å². The molecule has 9 nitrogen and oxygen atoms in total. The molecule has 2 aromatic rings. The van der Waals surface area contributed by atoms with Crippen LogP contribution in [-0.2, 0) is 11.2 Å². The van der Waals surface area contributed by atoms with Gasteiger partial charge >= 0.3 is 6.03 Å². The highest BCUT2D eigenvalue weighted by Gasteiger charge is 2.34. The molecule has 126 valence electrons. The minimum atomic E-state index is -0.670. The fourth-order valence-electron chi connectivity index (χ4n) is 2.53. The number of piperazine rings is 1. The Morgan fingerprint density at radius 1 is 1.46 bits per heavy atom. The summed E-state index contributed by atoms with van der Waals surface area (Å²) in [5.41, 5.74) is 0.772. The van der Waals surface area contributed by atoms with E-state index in [0.717, 1.165) is 5.56 Å². The van der Waals surface area contributed by atoms with E-state index >= 15 is 0 Å². The molecule has 24 heavy (non-hydrogen) atoms. The summed E-state index contributed by atoms with van der Waals surface area (Å²) in [4.78, 5) is 34.0. The van der Waals surface area contributed by atoms with Crippen molar-refractivity contribution in [2.75, 3.05) is 19.6 Å². The van der Waals surface area contributed by atoms with Gasteiger partial charge in [0.15, 0.2) is 0 Å². The second kappa shape index (κ2) is 7.07. The number of hydrogen-bond donors (Lipinski definition) is 2. The summed E-state index contributed by atoms with van der Waals surface area (Å²) < 4.78 is 5.24. The Morgan fingerprint density at radius 3 is 3.00 bits per heavy atom. The van der Waals surface area contributed by atoms with Crippen molar-refractivity contribution in [2.24, 2.45) is 0 Å². The Kier molecular flexibility index (Phi) is 4.69. The van der Waals surface area contributed by atoms with Gasteiger partial charge in [-0.1, -0.05) is 5.16 Å². The summed E-state index contributed by atoms with van der Waals surface area (Å²) in [6, 6.07) is 2.59. The number of nitrogens with one attached hydrogen (secondary N) is 2. The fraction of sp³-hybridized carbons (Fsp3) is 0.400. The van der Waals surface area contributed by atoms with Crippen LogP contribution in [0.3, 0.4) is 0 Å². The largest absolute Gasteiger partial charge is 0.353 e. The maximum atomic E-state index is 12.2. The Hall–Kier alpha value is -2.97. The lowest BCUT2D eigenvalue weighted by atomic mass is 10.1. The van der Waals surface area contributed by atoms with Gasteiger partial charge in [0.2, 0.25) is 17.6 Å². The van der Waals surface area contributed by atoms with Crippen molar-refractivity contribution in [1.82, 2.24) is 30.7 Å². The first-order chi connectivity index (χ1) is 11.7. The summed E-state index contributed by atoms with van der Waals surface area (Å²) in [5.74, 6) is 0.502. The van der Waals surface area contributed by atoms with Gasteiger partial charge in [0, 0.05) is 37.6 Å². The Morgan fingerprint density at radius 2 is 2.25 bits per heavy atom. The number of nitrogens with zero attached hydrogens (tertiary/aromatic N) is 4. The molecule has 1 fully saturated rings. The molecule has 3 heterocycles. The van der Waals surface area contributed by atoms with Crippen molar-refractivity contribution < 1.29 is 14.1 Å². The third-order valence-corrected chi connectivity index (χ3v) is 3.69. The van der Waals surface area contributed by atoms with Crippen molar-refractivity contribution in [2.45, 2.75) is 19.4 Å². The summed E-state index contributed by atoms with van der Waals surface area (Å²) in [7, 11) is 0. The van der Waals surface area contributed by atoms with Crippen molar-refractivity contribution >= 4 is 11.9 Å². The van der Waals surface area contributed by atoms with E-state index in [1.165, 1.54) is 4.90 Å². The van der Waals surface area contributed by atoms with Crippen LogP contribution in [0.1, 0.15) is 12.8 Å². The van der Waals surface area contributed by atoms with Crippen LogP contribution in [0.25, 0.3) is 11.4 Å². The van der Waals surface area contributed by atoms with E-state index < -0.39 is 6.04 Å². The van der Waals surface area contributed by atoms with E-state index in [4.69, 9.17) is 4.52 Å². The Labute approximate surface area is 138 Å². The lowest BCUT2D eigenvalue weighted by molar-refractivity contribution is -0.127. The van der Waals surface area contributed by atoms with Gasteiger partial charge in [-0.3, -0.25) is 9.78 Å². The molecule has 0 aromatic carbocycles. The number of carbonyl (C=O) groups excluding carboxylic acids is 2. The summed E-state index contributed by atoms with van der Waals surface area (Å²) in [5, 5.41) is 9.39. The predicted molar refractivity (Wildman–Crippen MR) is 83.8 cm³/mol. The maximum Gasteiger partial charge on any atom is 0.318 e. The zero-order valence-corrected chi connectivity index (χ0v) is 13.2. The first-order valence-electron chi connectivity index (χ1n) is 7.74. The van der Waals surface area contributed by atoms with Gasteiger partial charge in [0.1, 0.15) is 6.04 Å². The monoisotopic (exact) mass is 330 g/mol. The van der Waals surface area contributed by atoms with Crippen LogP contribution in [0.15, 0.2) is 29.0 Å². The minimum absolute atomic E-state index is 0.168. The SMILES string of the molecule is CCNC(=O)N1CCNC(=O)C1Cc1nc(-c2ccncc2)no1. The second-order valence-electron chi connectivity index (χ2n) is 5.29. The highest BCUT2D eigenvalue weighted by molar-refractivity contribution is 5.88. The lowest BCUT2D eigenvalue weighted by Gasteiger charge is -2.34. The molecule has 9 heteroatoms. The molecule has 1 unspecified atom stereocenters. The number of aromatic nitrogens is 3. The molecule has 1 aliphatic rings. The van der Waals surface area contributed by atoms with Crippen LogP contribution >= 0.6 is 0 Å². The van der Waals surface area contributed by atoms with E-state index in [0.29, 0.717) is 31.3 Å². The number of carbonyl (C=O) groups is 2. The molecular formula is C15H18N6O3. The minimum Gasteiger partial charge on any atom is -0.353 e. The number of pyridine rings is 1. The van der Waals surface area contributed by atoms with Crippen molar-refractivity contribution in [1.29, 1.82) is 0 Å². The first kappa shape index (κ1) is 15.9. The standard InChI is InChI=1S/C15H18N6O3/c1-2-17-15(23)21-8-7-18-14(22)11(21)9-12-19-13(20-24-12)10-3-5-16-6-4-10/h3-6,11H,2,7-9H2,1H3,(H,17,23)(H,18,22). The van der Waals surface area contributed by atoms with Crippen molar-refractivity contribution in [3.63, 3.8) is 0 Å². The van der Waals surface area contributed by atoms with Gasteiger partial charge < -0.3 is 20.1 Å². The van der Waals surface area contributed by atoms with Crippen LogP contribution in [-0.4, -0.2) is 57.6 Å². The third-order valence-electron chi connectivity index (χ3n) is 3.69. The second-order valence-corrected chi connectivity index (χ2v) is 5.29. The van der Waals surface area contributed by atoms with Gasteiger partial charge in [-0.15, -0.1) is 0 Å². The molecular weight excluding hydrogens is 312 g/mol. The number of rotatable bonds is 4. The molecule has 0 saturated carbocycles. The summed E-state index contributed by atoms with van der Waals surface area (Å²) in [6.45, 7) is 3.19. The van der Waals surface area contributed by atoms with Gasteiger partial charge in [-0.25, -0.2) is 4.79 Å². The van der Waals surface area contributed by atoms with E-state index in [9.17, 15) is 9.59 Å². The highest BCUT2D eigenvalue weighted by Crippen LogP contribution is 2.17. The molecule has 0 radical (unpaired) electrons. The van der Waals surface area contributed by atoms with E-state index in [-0.39, 0.29) is 18.4 Å². The van der Waals surface area contributed by atoms with E-state index in [1.54, 1.807) is 24.5 Å². The zero-order valence-electron chi connectivity index (χ0n) is 13.2. The van der Waals surface area contributed by atoms with Crippen LogP contribution < -0.4 is 10.6 Å². The zero-order chi connectivity index (χ0) is 16.9. The van der Waals surface area contributed by atoms with Crippen LogP contribution in [0.4, 0.5) is 4.79 Å². The maximum absolute atomic E-state index is 12.2. The molecule has 2 aromatic heterocycles. The van der Waals surface area contributed by atoms with Crippen molar-refractivity contribution in [3.8, 4) is 11.4 Å². The van der Waals surface area contributed by atoms with Crippen LogP contribution in [0.5, 0.6) is 0 Å². The molecule has 3 rings (SSSR count). The number of urea groups is 1. The molecule has 1 aliphatic heterocycles. The molecule has 1 saturated heterocycles. The topological polar surface area (TPSA) is 113 Å². The average Bonchev–Trinajstić information content (AvgIpc) is 3.06. The van der Waals surface area contributed by atoms with Crippen LogP contribution in [0, 0.1) is 0 Å². The van der Waals surface area contributed by atoms with Gasteiger partial charge in [-0.05, 0) is 19.1 Å². The van der Waals surface area contributed by atoms with E-state index in [1.807, 2.05) is 6.92 Å². The normalized spacial score (nSPS) is 17.5. The van der Waals surface area contributed by atoms with Crippen molar-refractivity contribution in [3.05, 3.63) is 30.4 Å². The third kappa shape index (κ3) is 3.34. The quantitative estimate of drug-likeness (QED) is 0.828. The molecule has 0 aliphatic carbocycles. The number of amides is 3. The first-order valence-corrected chi connectivity index (χ1v) is 7.74. The Bertz CT molecular complexity index is 717. The molecule has 0 spiro atoms. The van der Waals surface area contributed by atoms with Crippen LogP contribution in [0.2, 0.25) is 0 Å². The fourth-order valence-corrected chi connectivity index (χ4v) is 2.53. The lowest BCUT2D eigenvalue weighted by Crippen LogP contribution is -2.60. The molecule has 0 bridgehead atoms. The Balaban J connectivity index is 1.76. The highest BCUT2D eigenvalue weighted by atomic mass is 16.5. The average molecular weight is 330 g/mol. The molecule has 3 amide bonds. The molecule has 1 atom stereocenters. The predicted octanol–water partition coefficient (Wildman–Crippen LogP) is 0.204. The molecule has 2 N–H and O–H groups in total. The smallest absolute Gasteiger partial charge is 0.318 e. The summed E-state index contributed by atoms with van der Waals surface area (Å²) >= 11 is 0. The van der Waals surface area contributed by atoms with Gasteiger partial charge in [0.05, 0.1) is 6.42 Å². The van der Waals surface area contributed by atoms with Gasteiger partial charge in [-0.2, -0.15) is 4.98 Å². The number of hydrogen-bond acceptors (Lipinski definition) is 6. The summed E-state index contributed by atoms with van der Waals surface area (Å²) in [6.07, 6.45) is 3.44. The van der Waals surface area contributed by atoms with E-state index in [2.05, 4.69) is 25.8 Å².